The fourth-order valence-corrected chi connectivity index (χ4v) is 2.82. The predicted molar refractivity (Wildman–Crippen MR) is 94.5 cm³/mol. The van der Waals surface area contributed by atoms with Gasteiger partial charge in [0.15, 0.2) is 0 Å². The van der Waals surface area contributed by atoms with Crippen LogP contribution in [-0.4, -0.2) is 13.1 Å². The minimum absolute atomic E-state index is 0.147. The number of carbonyl (C=O) groups excluding carboxylic acids is 1. The van der Waals surface area contributed by atoms with Gasteiger partial charge in [-0.3, -0.25) is 0 Å². The third-order valence-electron chi connectivity index (χ3n) is 3.74. The Bertz CT molecular complexity index is 667. The van der Waals surface area contributed by atoms with E-state index in [1.54, 1.807) is 0 Å². The Labute approximate surface area is 140 Å². The lowest BCUT2D eigenvalue weighted by Crippen LogP contribution is -2.10. The molecule has 0 fully saturated rings. The topological polar surface area (TPSA) is 26.3 Å². The van der Waals surface area contributed by atoms with Crippen molar-refractivity contribution in [3.8, 4) is 11.1 Å². The molecule has 0 amide bonds. The van der Waals surface area contributed by atoms with Crippen LogP contribution in [0, 0.1) is 0 Å². The smallest absolute Gasteiger partial charge is 0.338 e. The van der Waals surface area contributed by atoms with Crippen molar-refractivity contribution >= 4 is 21.9 Å². The number of methoxy groups -OCH3 is 1. The van der Waals surface area contributed by atoms with Crippen LogP contribution in [0.4, 0.5) is 0 Å². The third kappa shape index (κ3) is 3.58. The van der Waals surface area contributed by atoms with Gasteiger partial charge < -0.3 is 4.74 Å². The number of rotatable bonds is 3. The molecule has 2 nitrogen and oxygen atoms in total. The van der Waals surface area contributed by atoms with E-state index in [2.05, 4.69) is 61.0 Å². The Morgan fingerprint density at radius 3 is 2.14 bits per heavy atom. The summed E-state index contributed by atoms with van der Waals surface area (Å²) >= 11 is 3.44. The molecule has 2 aromatic carbocycles. The normalized spacial score (nSPS) is 11.3. The van der Waals surface area contributed by atoms with Gasteiger partial charge >= 0.3 is 5.97 Å². The van der Waals surface area contributed by atoms with Gasteiger partial charge in [-0.15, -0.1) is 0 Å². The van der Waals surface area contributed by atoms with Crippen LogP contribution >= 0.6 is 15.9 Å². The lowest BCUT2D eigenvalue weighted by molar-refractivity contribution is 0.0600. The first kappa shape index (κ1) is 16.8. The molecular formula is C19H21BrO2. The largest absolute Gasteiger partial charge is 0.465 e. The molecule has 116 valence electrons. The number of hydrogen-bond acceptors (Lipinski definition) is 2. The standard InChI is InChI=1S/C19H21BrO2/c1-19(2,3)16-8-5-13(6-9-16)14-7-10-17(18(21)22-4)15(11-14)12-20/h5-11H,12H2,1-4H3. The van der Waals surface area contributed by atoms with Crippen LogP contribution in [-0.2, 0) is 15.5 Å². The van der Waals surface area contributed by atoms with Crippen molar-refractivity contribution < 1.29 is 9.53 Å². The van der Waals surface area contributed by atoms with Gasteiger partial charge in [-0.1, -0.05) is 67.0 Å². The van der Waals surface area contributed by atoms with E-state index in [0.717, 1.165) is 16.7 Å². The molecule has 0 aromatic heterocycles. The summed E-state index contributed by atoms with van der Waals surface area (Å²) in [7, 11) is 1.40. The van der Waals surface area contributed by atoms with Gasteiger partial charge in [-0.25, -0.2) is 4.79 Å². The second-order valence-electron chi connectivity index (χ2n) is 6.32. The summed E-state index contributed by atoms with van der Waals surface area (Å²) in [5.41, 5.74) is 5.24. The van der Waals surface area contributed by atoms with Gasteiger partial charge in [-0.2, -0.15) is 0 Å². The highest BCUT2D eigenvalue weighted by molar-refractivity contribution is 9.08. The number of carbonyl (C=O) groups is 1. The number of ether oxygens (including phenoxy) is 1. The average molecular weight is 361 g/mol. The molecule has 2 aromatic rings. The Hall–Kier alpha value is -1.61. The molecule has 0 bridgehead atoms. The van der Waals surface area contributed by atoms with Crippen LogP contribution in [0.5, 0.6) is 0 Å². The van der Waals surface area contributed by atoms with Crippen LogP contribution in [0.15, 0.2) is 42.5 Å². The minimum atomic E-state index is -0.302. The first-order valence-corrected chi connectivity index (χ1v) is 8.37. The molecule has 0 N–H and O–H groups in total. The molecule has 0 heterocycles. The molecule has 0 atom stereocenters. The van der Waals surface area contributed by atoms with Crippen molar-refractivity contribution in [1.82, 2.24) is 0 Å². The Kier molecular flexibility index (Phi) is 5.07. The summed E-state index contributed by atoms with van der Waals surface area (Å²) in [5.74, 6) is -0.302. The molecule has 22 heavy (non-hydrogen) atoms. The van der Waals surface area contributed by atoms with Gasteiger partial charge in [0.2, 0.25) is 0 Å². The molecule has 0 spiro atoms. The van der Waals surface area contributed by atoms with Crippen molar-refractivity contribution in [2.24, 2.45) is 0 Å². The predicted octanol–water partition coefficient (Wildman–Crippen LogP) is 5.33. The number of halogens is 1. The second-order valence-corrected chi connectivity index (χ2v) is 6.89. The van der Waals surface area contributed by atoms with E-state index in [-0.39, 0.29) is 11.4 Å². The lowest BCUT2D eigenvalue weighted by atomic mass is 9.86. The van der Waals surface area contributed by atoms with Gasteiger partial charge in [0.25, 0.3) is 0 Å². The fraction of sp³-hybridized carbons (Fsp3) is 0.316. The Balaban J connectivity index is 2.39. The molecule has 0 aliphatic heterocycles. The number of hydrogen-bond donors (Lipinski definition) is 0. The molecule has 0 saturated carbocycles. The Morgan fingerprint density at radius 1 is 1.05 bits per heavy atom. The zero-order chi connectivity index (χ0) is 16.3. The summed E-state index contributed by atoms with van der Waals surface area (Å²) in [6.07, 6.45) is 0. The van der Waals surface area contributed by atoms with E-state index in [1.165, 1.54) is 12.7 Å². The summed E-state index contributed by atoms with van der Waals surface area (Å²) in [6, 6.07) is 14.4. The molecule has 0 radical (unpaired) electrons. The van der Waals surface area contributed by atoms with E-state index in [1.807, 2.05) is 18.2 Å². The van der Waals surface area contributed by atoms with E-state index in [0.29, 0.717) is 10.9 Å². The summed E-state index contributed by atoms with van der Waals surface area (Å²) in [6.45, 7) is 6.61. The van der Waals surface area contributed by atoms with Crippen LogP contribution in [0.1, 0.15) is 42.3 Å². The van der Waals surface area contributed by atoms with Crippen molar-refractivity contribution in [3.05, 3.63) is 59.2 Å². The van der Waals surface area contributed by atoms with Gasteiger partial charge in [0.05, 0.1) is 12.7 Å². The quantitative estimate of drug-likeness (QED) is 0.545. The summed E-state index contributed by atoms with van der Waals surface area (Å²) in [5, 5.41) is 0.616. The lowest BCUT2D eigenvalue weighted by Gasteiger charge is -2.19. The number of benzene rings is 2. The van der Waals surface area contributed by atoms with Crippen LogP contribution < -0.4 is 0 Å². The van der Waals surface area contributed by atoms with Gasteiger partial charge in [0.1, 0.15) is 0 Å². The van der Waals surface area contributed by atoms with Crippen molar-refractivity contribution in [2.45, 2.75) is 31.5 Å². The number of alkyl halides is 1. The monoisotopic (exact) mass is 360 g/mol. The second kappa shape index (κ2) is 6.66. The highest BCUT2D eigenvalue weighted by atomic mass is 79.9. The zero-order valence-electron chi connectivity index (χ0n) is 13.4. The zero-order valence-corrected chi connectivity index (χ0v) is 15.0. The van der Waals surface area contributed by atoms with Crippen molar-refractivity contribution in [1.29, 1.82) is 0 Å². The summed E-state index contributed by atoms with van der Waals surface area (Å²) in [4.78, 5) is 11.8. The molecule has 0 unspecified atom stereocenters. The van der Waals surface area contributed by atoms with Gasteiger partial charge in [0, 0.05) is 5.33 Å². The first-order chi connectivity index (χ1) is 10.4. The van der Waals surface area contributed by atoms with Crippen LogP contribution in [0.2, 0.25) is 0 Å². The maximum atomic E-state index is 11.8. The van der Waals surface area contributed by atoms with Crippen molar-refractivity contribution in [3.63, 3.8) is 0 Å². The molecule has 2 rings (SSSR count). The highest BCUT2D eigenvalue weighted by Gasteiger charge is 2.14. The average Bonchev–Trinajstić information content (AvgIpc) is 2.52. The fourth-order valence-electron chi connectivity index (χ4n) is 2.36. The van der Waals surface area contributed by atoms with Crippen LogP contribution in [0.25, 0.3) is 11.1 Å². The van der Waals surface area contributed by atoms with E-state index in [4.69, 9.17) is 4.74 Å². The molecule has 0 aliphatic carbocycles. The maximum absolute atomic E-state index is 11.8. The number of esters is 1. The third-order valence-corrected chi connectivity index (χ3v) is 4.34. The SMILES string of the molecule is COC(=O)c1ccc(-c2ccc(C(C)(C)C)cc2)cc1CBr. The first-order valence-electron chi connectivity index (χ1n) is 7.25. The maximum Gasteiger partial charge on any atom is 0.338 e. The van der Waals surface area contributed by atoms with E-state index in [9.17, 15) is 4.79 Å². The van der Waals surface area contributed by atoms with Crippen LogP contribution in [0.3, 0.4) is 0 Å². The minimum Gasteiger partial charge on any atom is -0.465 e. The van der Waals surface area contributed by atoms with Crippen molar-refractivity contribution in [2.75, 3.05) is 7.11 Å². The molecule has 3 heteroatoms. The summed E-state index contributed by atoms with van der Waals surface area (Å²) < 4.78 is 4.82. The molecular weight excluding hydrogens is 340 g/mol. The highest BCUT2D eigenvalue weighted by Crippen LogP contribution is 2.28. The van der Waals surface area contributed by atoms with E-state index < -0.39 is 0 Å². The Morgan fingerprint density at radius 2 is 1.64 bits per heavy atom. The van der Waals surface area contributed by atoms with Gasteiger partial charge in [-0.05, 0) is 39.8 Å². The van der Waals surface area contributed by atoms with E-state index >= 15 is 0 Å². The molecule has 0 aliphatic rings. The molecule has 0 saturated heterocycles.